The van der Waals surface area contributed by atoms with Crippen molar-refractivity contribution in [2.75, 3.05) is 18.5 Å². The number of anilines is 1. The van der Waals surface area contributed by atoms with E-state index in [0.29, 0.717) is 5.02 Å². The highest BCUT2D eigenvalue weighted by atomic mass is 79.9. The summed E-state index contributed by atoms with van der Waals surface area (Å²) in [6.45, 7) is 5.38. The highest BCUT2D eigenvalue weighted by Gasteiger charge is 2.17. The molecule has 0 aromatic carbocycles. The van der Waals surface area contributed by atoms with Crippen LogP contribution in [0.25, 0.3) is 0 Å². The lowest BCUT2D eigenvalue weighted by Gasteiger charge is -2.25. The van der Waals surface area contributed by atoms with Gasteiger partial charge >= 0.3 is 0 Å². The molecule has 0 radical (unpaired) electrons. The second kappa shape index (κ2) is 6.57. The molecule has 0 spiro atoms. The van der Waals surface area contributed by atoms with Gasteiger partial charge in [0.1, 0.15) is 5.82 Å². The van der Waals surface area contributed by atoms with Crippen LogP contribution in [0.1, 0.15) is 26.7 Å². The summed E-state index contributed by atoms with van der Waals surface area (Å²) in [4.78, 5) is 4.22. The Labute approximate surface area is 116 Å². The maximum Gasteiger partial charge on any atom is 0.140 e. The summed E-state index contributed by atoms with van der Waals surface area (Å²) in [6.07, 6.45) is 3.42. The van der Waals surface area contributed by atoms with E-state index in [9.17, 15) is 0 Å². The number of halogens is 2. The normalized spacial score (nSPS) is 11.6. The Morgan fingerprint density at radius 2 is 2.24 bits per heavy atom. The molecule has 2 N–H and O–H groups in total. The van der Waals surface area contributed by atoms with E-state index in [-0.39, 0.29) is 12.0 Å². The van der Waals surface area contributed by atoms with Crippen LogP contribution in [0.4, 0.5) is 5.82 Å². The van der Waals surface area contributed by atoms with Crippen molar-refractivity contribution < 1.29 is 5.11 Å². The van der Waals surface area contributed by atoms with Crippen molar-refractivity contribution in [2.45, 2.75) is 26.7 Å². The molecule has 1 aromatic heterocycles. The Hall–Kier alpha value is -0.320. The zero-order valence-electron chi connectivity index (χ0n) is 10.1. The van der Waals surface area contributed by atoms with Crippen molar-refractivity contribution >= 4 is 33.3 Å². The molecule has 0 atom stereocenters. The third-order valence-electron chi connectivity index (χ3n) is 2.55. The molecule has 0 saturated carbocycles. The van der Waals surface area contributed by atoms with Crippen molar-refractivity contribution in [3.8, 4) is 0 Å². The van der Waals surface area contributed by atoms with Crippen molar-refractivity contribution in [3.63, 3.8) is 0 Å². The molecule has 1 rings (SSSR count). The van der Waals surface area contributed by atoms with Crippen molar-refractivity contribution in [1.29, 1.82) is 0 Å². The van der Waals surface area contributed by atoms with Gasteiger partial charge in [-0.1, -0.05) is 25.4 Å². The molecule has 1 heterocycles. The molecule has 96 valence electrons. The van der Waals surface area contributed by atoms with Crippen LogP contribution < -0.4 is 5.32 Å². The van der Waals surface area contributed by atoms with E-state index in [1.54, 1.807) is 6.20 Å². The molecule has 3 nitrogen and oxygen atoms in total. The minimum absolute atomic E-state index is 0.128. The van der Waals surface area contributed by atoms with Gasteiger partial charge in [0.2, 0.25) is 0 Å². The minimum atomic E-state index is 0.128. The molecular weight excluding hydrogens is 304 g/mol. The molecule has 1 aromatic rings. The molecule has 0 amide bonds. The fourth-order valence-corrected chi connectivity index (χ4v) is 2.29. The van der Waals surface area contributed by atoms with Crippen molar-refractivity contribution in [3.05, 3.63) is 21.8 Å². The second-order valence-corrected chi connectivity index (χ2v) is 6.12. The molecule has 5 heteroatoms. The standard InChI is InChI=1S/C12H18BrClN2O/c1-12(2,4-3-5-17)8-16-11-10(13)6-9(14)7-15-11/h6-7,17H,3-5,8H2,1-2H3,(H,15,16). The Morgan fingerprint density at radius 1 is 1.53 bits per heavy atom. The van der Waals surface area contributed by atoms with Crippen LogP contribution in [-0.4, -0.2) is 23.2 Å². The molecule has 0 aliphatic rings. The van der Waals surface area contributed by atoms with Gasteiger partial charge in [0.05, 0.1) is 9.50 Å². The van der Waals surface area contributed by atoms with Gasteiger partial charge in [-0.15, -0.1) is 0 Å². The van der Waals surface area contributed by atoms with Gasteiger partial charge in [0, 0.05) is 19.3 Å². The SMILES string of the molecule is CC(C)(CCCO)CNc1ncc(Cl)cc1Br. The summed E-state index contributed by atoms with van der Waals surface area (Å²) < 4.78 is 0.864. The van der Waals surface area contributed by atoms with Crippen molar-refractivity contribution in [2.24, 2.45) is 5.41 Å². The smallest absolute Gasteiger partial charge is 0.140 e. The molecule has 0 aliphatic carbocycles. The van der Waals surface area contributed by atoms with Gasteiger partial charge in [0.15, 0.2) is 0 Å². The number of aliphatic hydroxyl groups is 1. The fourth-order valence-electron chi connectivity index (χ4n) is 1.51. The molecule has 0 bridgehead atoms. The van der Waals surface area contributed by atoms with Crippen molar-refractivity contribution in [1.82, 2.24) is 4.98 Å². The van der Waals surface area contributed by atoms with E-state index < -0.39 is 0 Å². The molecule has 0 unspecified atom stereocenters. The number of pyridine rings is 1. The van der Waals surface area contributed by atoms with E-state index in [1.165, 1.54) is 0 Å². The third kappa shape index (κ3) is 5.23. The van der Waals surface area contributed by atoms with E-state index in [4.69, 9.17) is 16.7 Å². The first-order valence-corrected chi connectivity index (χ1v) is 6.77. The second-order valence-electron chi connectivity index (χ2n) is 4.83. The van der Waals surface area contributed by atoms with Crippen LogP contribution in [0.3, 0.4) is 0 Å². The van der Waals surface area contributed by atoms with Crippen LogP contribution in [0.5, 0.6) is 0 Å². The van der Waals surface area contributed by atoms with E-state index in [1.807, 2.05) is 6.07 Å². The Kier molecular flexibility index (Phi) is 5.70. The summed E-state index contributed by atoms with van der Waals surface area (Å²) in [5, 5.41) is 12.7. The highest BCUT2D eigenvalue weighted by Crippen LogP contribution is 2.26. The largest absolute Gasteiger partial charge is 0.396 e. The predicted octanol–water partition coefficient (Wildman–Crippen LogP) is 3.71. The number of aromatic nitrogens is 1. The molecule has 0 fully saturated rings. The predicted molar refractivity (Wildman–Crippen MR) is 75.5 cm³/mol. The van der Waals surface area contributed by atoms with Gasteiger partial charge in [-0.25, -0.2) is 4.98 Å². The van der Waals surface area contributed by atoms with Crippen LogP contribution in [-0.2, 0) is 0 Å². The zero-order chi connectivity index (χ0) is 12.9. The number of aliphatic hydroxyl groups excluding tert-OH is 1. The fraction of sp³-hybridized carbons (Fsp3) is 0.583. The summed E-state index contributed by atoms with van der Waals surface area (Å²) in [6, 6.07) is 1.82. The molecular formula is C12H18BrClN2O. The number of nitrogens with zero attached hydrogens (tertiary/aromatic N) is 1. The number of hydrogen-bond acceptors (Lipinski definition) is 3. The van der Waals surface area contributed by atoms with Gasteiger partial charge in [-0.2, -0.15) is 0 Å². The lowest BCUT2D eigenvalue weighted by Crippen LogP contribution is -2.24. The summed E-state index contributed by atoms with van der Waals surface area (Å²) in [7, 11) is 0. The van der Waals surface area contributed by atoms with E-state index in [2.05, 4.69) is 40.1 Å². The highest BCUT2D eigenvalue weighted by molar-refractivity contribution is 9.10. The minimum Gasteiger partial charge on any atom is -0.396 e. The quantitative estimate of drug-likeness (QED) is 0.839. The molecule has 17 heavy (non-hydrogen) atoms. The van der Waals surface area contributed by atoms with E-state index >= 15 is 0 Å². The maximum atomic E-state index is 8.83. The van der Waals surface area contributed by atoms with E-state index in [0.717, 1.165) is 29.7 Å². The lowest BCUT2D eigenvalue weighted by molar-refractivity contribution is 0.248. The topological polar surface area (TPSA) is 45.1 Å². The zero-order valence-corrected chi connectivity index (χ0v) is 12.5. The van der Waals surface area contributed by atoms with Crippen LogP contribution in [0.2, 0.25) is 5.02 Å². The first-order chi connectivity index (χ1) is 7.94. The average Bonchev–Trinajstić information content (AvgIpc) is 2.25. The summed E-state index contributed by atoms with van der Waals surface area (Å²) >= 11 is 9.25. The molecule has 0 aliphatic heterocycles. The Balaban J connectivity index is 2.54. The van der Waals surface area contributed by atoms with Gasteiger partial charge < -0.3 is 10.4 Å². The first kappa shape index (κ1) is 14.7. The monoisotopic (exact) mass is 320 g/mol. The Morgan fingerprint density at radius 3 is 2.82 bits per heavy atom. The maximum absolute atomic E-state index is 8.83. The summed E-state index contributed by atoms with van der Waals surface area (Å²) in [5.41, 5.74) is 0.128. The third-order valence-corrected chi connectivity index (χ3v) is 3.37. The average molecular weight is 322 g/mol. The lowest BCUT2D eigenvalue weighted by atomic mass is 9.88. The number of nitrogens with one attached hydrogen (secondary N) is 1. The van der Waals surface area contributed by atoms with Crippen LogP contribution >= 0.6 is 27.5 Å². The van der Waals surface area contributed by atoms with Crippen LogP contribution in [0.15, 0.2) is 16.7 Å². The van der Waals surface area contributed by atoms with Gasteiger partial charge in [0.25, 0.3) is 0 Å². The number of rotatable bonds is 6. The number of hydrogen-bond donors (Lipinski definition) is 2. The summed E-state index contributed by atoms with van der Waals surface area (Å²) in [5.74, 6) is 0.798. The first-order valence-electron chi connectivity index (χ1n) is 5.60. The van der Waals surface area contributed by atoms with Crippen LogP contribution in [0, 0.1) is 5.41 Å². The van der Waals surface area contributed by atoms with Gasteiger partial charge in [-0.3, -0.25) is 0 Å². The Bertz CT molecular complexity index is 372. The molecule has 0 saturated heterocycles. The van der Waals surface area contributed by atoms with Gasteiger partial charge in [-0.05, 0) is 40.3 Å².